The third kappa shape index (κ3) is 7.74. The van der Waals surface area contributed by atoms with Gasteiger partial charge in [0.2, 0.25) is 0 Å². The van der Waals surface area contributed by atoms with E-state index in [1.165, 1.54) is 0 Å². The van der Waals surface area contributed by atoms with E-state index in [2.05, 4.69) is 5.32 Å². The van der Waals surface area contributed by atoms with Crippen molar-refractivity contribution in [2.45, 2.75) is 12.5 Å². The van der Waals surface area contributed by atoms with Crippen molar-refractivity contribution in [3.05, 3.63) is 0 Å². The summed E-state index contributed by atoms with van der Waals surface area (Å²) in [5.74, 6) is 0. The molecule has 0 bridgehead atoms. The fourth-order valence-corrected chi connectivity index (χ4v) is 1.07. The summed E-state index contributed by atoms with van der Waals surface area (Å²) in [6.07, 6.45) is 0.758. The summed E-state index contributed by atoms with van der Waals surface area (Å²) in [4.78, 5) is 8.40. The van der Waals surface area contributed by atoms with Gasteiger partial charge in [-0.3, -0.25) is 0 Å². The highest BCUT2D eigenvalue weighted by Gasteiger charge is 1.98. The maximum absolute atomic E-state index is 10.2. The van der Waals surface area contributed by atoms with Crippen molar-refractivity contribution in [3.8, 4) is 0 Å². The van der Waals surface area contributed by atoms with Gasteiger partial charge < -0.3 is 20.3 Å². The Morgan fingerprint density at radius 2 is 2.20 bits per heavy atom. The fraction of sp³-hybridized carbons (Fsp3) is 1.00. The molecular weight excluding hydrogens is 148 g/mol. The lowest BCUT2D eigenvalue weighted by Gasteiger charge is -1.98. The Kier molecular flexibility index (Phi) is 6.67. The van der Waals surface area contributed by atoms with E-state index >= 15 is 0 Å². The van der Waals surface area contributed by atoms with Gasteiger partial charge in [-0.15, -0.1) is 0 Å². The number of nitrogens with one attached hydrogen (secondary N) is 1. The van der Waals surface area contributed by atoms with Gasteiger partial charge in [0.1, 0.15) is 0 Å². The predicted molar refractivity (Wildman–Crippen MR) is 40.0 cm³/mol. The van der Waals surface area contributed by atoms with Gasteiger partial charge in [-0.1, -0.05) is 0 Å². The van der Waals surface area contributed by atoms with E-state index in [1.54, 1.807) is 0 Å². The molecule has 4 N–H and O–H groups in total. The average molecular weight is 162 g/mol. The highest BCUT2D eigenvalue weighted by Crippen LogP contribution is 1.85. The Hall–Kier alpha value is -0.263. The van der Waals surface area contributed by atoms with Crippen LogP contribution in [-0.4, -0.2) is 33.4 Å². The van der Waals surface area contributed by atoms with Gasteiger partial charge in [0.25, 0.3) is 0 Å². The topological polar surface area (TPSA) is 75.3 Å². The lowest BCUT2D eigenvalue weighted by atomic mass is 10.5. The number of rotatable bonds is 6. The molecule has 0 amide bonds. The van der Waals surface area contributed by atoms with Crippen LogP contribution in [0.4, 0.5) is 0 Å². The van der Waals surface area contributed by atoms with Crippen LogP contribution in [0.3, 0.4) is 0 Å². The molecule has 0 aromatic carbocycles. The molecular formula is C5H14N2O2Si. The largest absolute Gasteiger partial charge is 0.540 e. The molecule has 0 atom stereocenters. The maximum atomic E-state index is 10.2. The summed E-state index contributed by atoms with van der Waals surface area (Å²) in [5.41, 5.74) is 5.20. The van der Waals surface area contributed by atoms with Gasteiger partial charge in [0.15, 0.2) is 0 Å². The first-order valence-corrected chi connectivity index (χ1v) is 4.96. The zero-order chi connectivity index (χ0) is 7.82. The van der Waals surface area contributed by atoms with Gasteiger partial charge in [-0.05, 0) is 13.0 Å². The highest BCUT2D eigenvalue weighted by atomic mass is 28.3. The first-order chi connectivity index (χ1) is 4.77. The molecule has 0 saturated carbocycles. The maximum Gasteiger partial charge on any atom is 0.500 e. The molecule has 5 heteroatoms. The van der Waals surface area contributed by atoms with Crippen molar-refractivity contribution in [2.75, 3.05) is 19.6 Å². The van der Waals surface area contributed by atoms with E-state index in [-0.39, 0.29) is 0 Å². The van der Waals surface area contributed by atoms with E-state index < -0.39 is 8.93 Å². The molecule has 0 rings (SSSR count). The monoisotopic (exact) mass is 162 g/mol. The van der Waals surface area contributed by atoms with Crippen molar-refractivity contribution >= 4 is 8.93 Å². The van der Waals surface area contributed by atoms with Gasteiger partial charge >= 0.3 is 8.93 Å². The molecule has 0 aliphatic rings. The van der Waals surface area contributed by atoms with Crippen LogP contribution < -0.4 is 11.1 Å². The number of hydrogen-bond donors (Lipinski definition) is 3. The van der Waals surface area contributed by atoms with Crippen molar-refractivity contribution in [2.24, 2.45) is 5.73 Å². The molecule has 0 aliphatic heterocycles. The first kappa shape index (κ1) is 9.74. The zero-order valence-electron chi connectivity index (χ0n) is 5.97. The van der Waals surface area contributed by atoms with Crippen molar-refractivity contribution in [3.63, 3.8) is 0 Å². The van der Waals surface area contributed by atoms with E-state index in [4.69, 9.17) is 10.5 Å². The molecule has 10 heavy (non-hydrogen) atoms. The SMILES string of the molecule is NCCNCCC[Si](=O)O. The molecule has 0 heterocycles. The molecule has 0 aromatic heterocycles. The lowest BCUT2D eigenvalue weighted by Crippen LogP contribution is -2.23. The smallest absolute Gasteiger partial charge is 0.500 e. The number of nitrogens with two attached hydrogens (primary N) is 1. The minimum absolute atomic E-state index is 0.419. The Bertz CT molecular complexity index is 99.6. The summed E-state index contributed by atoms with van der Waals surface area (Å²) in [5, 5.41) is 3.03. The second kappa shape index (κ2) is 6.85. The van der Waals surface area contributed by atoms with Crippen LogP contribution in [0.15, 0.2) is 0 Å². The number of hydrogen-bond acceptors (Lipinski definition) is 3. The summed E-state index contributed by atoms with van der Waals surface area (Å²) in [6, 6.07) is 0.419. The minimum Gasteiger partial charge on any atom is -0.540 e. The van der Waals surface area contributed by atoms with Crippen molar-refractivity contribution < 1.29 is 9.26 Å². The average Bonchev–Trinajstić information content (AvgIpc) is 1.87. The van der Waals surface area contributed by atoms with Crippen LogP contribution >= 0.6 is 0 Å². The van der Waals surface area contributed by atoms with Crippen LogP contribution in [-0.2, 0) is 4.46 Å². The van der Waals surface area contributed by atoms with Crippen LogP contribution in [0, 0.1) is 0 Å². The Morgan fingerprint density at radius 3 is 2.70 bits per heavy atom. The third-order valence-corrected chi connectivity index (χ3v) is 1.85. The molecule has 0 saturated heterocycles. The molecule has 0 radical (unpaired) electrons. The summed E-state index contributed by atoms with van der Waals surface area (Å²) in [7, 11) is -2.24. The van der Waals surface area contributed by atoms with E-state index in [1.807, 2.05) is 0 Å². The standard InChI is InChI=1S/C5H14N2O2Si/c6-2-4-7-3-1-5-10(8)9/h7-8H,1-6H2. The molecule has 60 valence electrons. The Balaban J connectivity index is 2.84. The van der Waals surface area contributed by atoms with E-state index in [9.17, 15) is 4.46 Å². The molecule has 4 nitrogen and oxygen atoms in total. The van der Waals surface area contributed by atoms with Gasteiger partial charge in [0.05, 0.1) is 0 Å². The van der Waals surface area contributed by atoms with Gasteiger partial charge in [0, 0.05) is 19.1 Å². The zero-order valence-corrected chi connectivity index (χ0v) is 6.97. The molecule has 0 fully saturated rings. The lowest BCUT2D eigenvalue weighted by molar-refractivity contribution is 0.443. The Labute approximate surface area is 62.2 Å². The first-order valence-electron chi connectivity index (χ1n) is 3.40. The summed E-state index contributed by atoms with van der Waals surface area (Å²) < 4.78 is 10.2. The molecule has 0 aromatic rings. The Morgan fingerprint density at radius 1 is 1.50 bits per heavy atom. The third-order valence-electron chi connectivity index (χ3n) is 1.07. The van der Waals surface area contributed by atoms with Gasteiger partial charge in [-0.25, -0.2) is 0 Å². The highest BCUT2D eigenvalue weighted by molar-refractivity contribution is 6.32. The van der Waals surface area contributed by atoms with Gasteiger partial charge in [-0.2, -0.15) is 0 Å². The summed E-state index contributed by atoms with van der Waals surface area (Å²) >= 11 is 0. The van der Waals surface area contributed by atoms with Crippen LogP contribution in [0.1, 0.15) is 6.42 Å². The van der Waals surface area contributed by atoms with E-state index in [0.29, 0.717) is 12.6 Å². The molecule has 0 aliphatic carbocycles. The minimum atomic E-state index is -2.24. The molecule has 0 spiro atoms. The van der Waals surface area contributed by atoms with Crippen LogP contribution in [0.2, 0.25) is 6.04 Å². The fourth-order valence-electron chi connectivity index (χ4n) is 0.592. The second-order valence-corrected chi connectivity index (χ2v) is 3.32. The predicted octanol–water partition coefficient (Wildman–Crippen LogP) is -1.16. The normalized spacial score (nSPS) is 9.70. The molecule has 0 unspecified atom stereocenters. The van der Waals surface area contributed by atoms with Crippen molar-refractivity contribution in [1.29, 1.82) is 0 Å². The van der Waals surface area contributed by atoms with E-state index in [0.717, 1.165) is 19.5 Å². The quantitative estimate of drug-likeness (QED) is 0.340. The second-order valence-electron chi connectivity index (χ2n) is 2.04. The van der Waals surface area contributed by atoms with Crippen LogP contribution in [0.5, 0.6) is 0 Å². The van der Waals surface area contributed by atoms with Crippen LogP contribution in [0.25, 0.3) is 0 Å². The summed E-state index contributed by atoms with van der Waals surface area (Å²) in [6.45, 7) is 2.19. The van der Waals surface area contributed by atoms with Crippen molar-refractivity contribution in [1.82, 2.24) is 5.32 Å².